The molecule has 268 valence electrons. The van der Waals surface area contributed by atoms with Gasteiger partial charge in [0.05, 0.1) is 53.5 Å². The van der Waals surface area contributed by atoms with Gasteiger partial charge in [-0.05, 0) is 79.6 Å². The fourth-order valence-electron chi connectivity index (χ4n) is 7.07. The minimum absolute atomic E-state index is 0.00737. The van der Waals surface area contributed by atoms with Crippen LogP contribution in [-0.4, -0.2) is 70.6 Å². The van der Waals surface area contributed by atoms with Crippen molar-refractivity contribution in [1.29, 1.82) is 0 Å². The molecule has 2 fully saturated rings. The fraction of sp³-hybridized carbons (Fsp3) is 0.730. The van der Waals surface area contributed by atoms with Gasteiger partial charge in [0.2, 0.25) is 0 Å². The van der Waals surface area contributed by atoms with Gasteiger partial charge in [-0.1, -0.05) is 85.2 Å². The highest BCUT2D eigenvalue weighted by Crippen LogP contribution is 2.41. The van der Waals surface area contributed by atoms with E-state index in [0.717, 1.165) is 50.4 Å². The Bertz CT molecular complexity index is 1360. The molecule has 1 N–H and O–H groups in total. The molecule has 0 amide bonds. The number of benzene rings is 1. The SMILES string of the molecule is C=C1C[C@H](CCCC)OC1CC[C@H](C[C@@H](C)C(=C)C(O)C[C@@H]1OC(CC(C)CC)[C@H](C)[C@H]1CS(=O)(=O)c1ccccc1)OS(C)(=O)=O. The lowest BCUT2D eigenvalue weighted by Gasteiger charge is -2.28. The maximum Gasteiger partial charge on any atom is 0.264 e. The van der Waals surface area contributed by atoms with Crippen LogP contribution in [0.4, 0.5) is 0 Å². The predicted octanol–water partition coefficient (Wildman–Crippen LogP) is 7.28. The van der Waals surface area contributed by atoms with Gasteiger partial charge in [0, 0.05) is 12.3 Å². The summed E-state index contributed by atoms with van der Waals surface area (Å²) in [5, 5.41) is 11.4. The van der Waals surface area contributed by atoms with Crippen LogP contribution in [0.3, 0.4) is 0 Å². The van der Waals surface area contributed by atoms with E-state index in [1.165, 1.54) is 0 Å². The zero-order valence-corrected chi connectivity index (χ0v) is 31.1. The first kappa shape index (κ1) is 39.9. The van der Waals surface area contributed by atoms with Crippen molar-refractivity contribution in [2.75, 3.05) is 12.0 Å². The number of rotatable bonds is 20. The summed E-state index contributed by atoms with van der Waals surface area (Å²) in [5.41, 5.74) is 1.60. The smallest absolute Gasteiger partial charge is 0.264 e. The van der Waals surface area contributed by atoms with Crippen molar-refractivity contribution in [2.45, 2.75) is 140 Å². The van der Waals surface area contributed by atoms with Crippen LogP contribution in [0.1, 0.15) is 98.8 Å². The zero-order valence-electron chi connectivity index (χ0n) is 29.5. The summed E-state index contributed by atoms with van der Waals surface area (Å²) in [5.74, 6) is -0.204. The maximum atomic E-state index is 13.5. The molecule has 10 heteroatoms. The fourth-order valence-corrected chi connectivity index (χ4v) is 9.53. The van der Waals surface area contributed by atoms with Crippen molar-refractivity contribution in [2.24, 2.45) is 23.7 Å². The Balaban J connectivity index is 1.68. The van der Waals surface area contributed by atoms with Crippen molar-refractivity contribution in [3.05, 3.63) is 54.6 Å². The molecule has 0 aromatic heterocycles. The molecule has 0 saturated carbocycles. The lowest BCUT2D eigenvalue weighted by molar-refractivity contribution is -0.00400. The Hall–Kier alpha value is -1.56. The number of ether oxygens (including phenoxy) is 2. The summed E-state index contributed by atoms with van der Waals surface area (Å²) in [7, 11) is -7.29. The molecule has 0 aliphatic carbocycles. The summed E-state index contributed by atoms with van der Waals surface area (Å²) in [6.45, 7) is 18.9. The van der Waals surface area contributed by atoms with Crippen LogP contribution in [0.15, 0.2) is 59.5 Å². The molecule has 3 rings (SSSR count). The molecule has 0 spiro atoms. The normalized spacial score (nSPS) is 27.9. The Morgan fingerprint density at radius 3 is 2.34 bits per heavy atom. The van der Waals surface area contributed by atoms with Gasteiger partial charge in [0.15, 0.2) is 9.84 Å². The average Bonchev–Trinajstić information content (AvgIpc) is 3.51. The zero-order chi connectivity index (χ0) is 34.9. The largest absolute Gasteiger partial charge is 0.389 e. The first-order chi connectivity index (χ1) is 22.0. The number of aliphatic hydroxyl groups is 1. The highest BCUT2D eigenvalue weighted by Gasteiger charge is 2.45. The minimum atomic E-state index is -3.72. The van der Waals surface area contributed by atoms with Gasteiger partial charge in [-0.15, -0.1) is 0 Å². The summed E-state index contributed by atoms with van der Waals surface area (Å²) >= 11 is 0. The third-order valence-electron chi connectivity index (χ3n) is 10.3. The van der Waals surface area contributed by atoms with Crippen molar-refractivity contribution in [1.82, 2.24) is 0 Å². The number of sulfone groups is 1. The third kappa shape index (κ3) is 12.1. The van der Waals surface area contributed by atoms with Crippen LogP contribution in [0, 0.1) is 23.7 Å². The molecule has 10 atom stereocenters. The molecule has 2 saturated heterocycles. The van der Waals surface area contributed by atoms with Gasteiger partial charge in [0.1, 0.15) is 0 Å². The molecule has 4 unspecified atom stereocenters. The van der Waals surface area contributed by atoms with Crippen LogP contribution < -0.4 is 0 Å². The Labute approximate surface area is 285 Å². The van der Waals surface area contributed by atoms with Gasteiger partial charge in [-0.2, -0.15) is 8.42 Å². The van der Waals surface area contributed by atoms with E-state index >= 15 is 0 Å². The molecule has 0 radical (unpaired) electrons. The second kappa shape index (κ2) is 17.9. The Kier molecular flexibility index (Phi) is 15.2. The lowest BCUT2D eigenvalue weighted by Crippen LogP contribution is -2.32. The van der Waals surface area contributed by atoms with Gasteiger partial charge < -0.3 is 14.6 Å². The van der Waals surface area contributed by atoms with Crippen LogP contribution in [0.25, 0.3) is 0 Å². The molecule has 2 aliphatic rings. The molecule has 8 nitrogen and oxygen atoms in total. The topological polar surface area (TPSA) is 116 Å². The predicted molar refractivity (Wildman–Crippen MR) is 188 cm³/mol. The molecular formula is C37H60O8S2. The molecule has 1 aromatic rings. The number of aliphatic hydroxyl groups excluding tert-OH is 1. The lowest BCUT2D eigenvalue weighted by atomic mass is 9.83. The van der Waals surface area contributed by atoms with Crippen molar-refractivity contribution in [3.63, 3.8) is 0 Å². The highest BCUT2D eigenvalue weighted by molar-refractivity contribution is 7.91. The molecule has 1 aromatic carbocycles. The maximum absolute atomic E-state index is 13.5. The van der Waals surface area contributed by atoms with Gasteiger partial charge in [-0.3, -0.25) is 4.18 Å². The van der Waals surface area contributed by atoms with Gasteiger partial charge >= 0.3 is 0 Å². The summed E-state index contributed by atoms with van der Waals surface area (Å²) < 4.78 is 69.6. The van der Waals surface area contributed by atoms with Crippen LogP contribution in [0.5, 0.6) is 0 Å². The Morgan fingerprint density at radius 1 is 1.04 bits per heavy atom. The molecule has 2 aliphatic heterocycles. The quantitative estimate of drug-likeness (QED) is 0.112. The number of unbranched alkanes of at least 4 members (excludes halogenated alkanes) is 1. The third-order valence-corrected chi connectivity index (χ3v) is 12.7. The molecule has 47 heavy (non-hydrogen) atoms. The number of hydrogen-bond donors (Lipinski definition) is 1. The Morgan fingerprint density at radius 2 is 1.72 bits per heavy atom. The number of hydrogen-bond acceptors (Lipinski definition) is 8. The van der Waals surface area contributed by atoms with Crippen LogP contribution in [0.2, 0.25) is 0 Å². The van der Waals surface area contributed by atoms with Gasteiger partial charge in [0.25, 0.3) is 10.1 Å². The van der Waals surface area contributed by atoms with E-state index in [-0.39, 0.29) is 53.1 Å². The van der Waals surface area contributed by atoms with Crippen LogP contribution in [-0.2, 0) is 33.6 Å². The summed E-state index contributed by atoms with van der Waals surface area (Å²) in [4.78, 5) is 0.287. The van der Waals surface area contributed by atoms with Gasteiger partial charge in [-0.25, -0.2) is 8.42 Å². The molecule has 2 heterocycles. The molecular weight excluding hydrogens is 637 g/mol. The van der Waals surface area contributed by atoms with Crippen molar-refractivity contribution < 1.29 is 35.6 Å². The van der Waals surface area contributed by atoms with Crippen molar-refractivity contribution in [3.8, 4) is 0 Å². The summed E-state index contributed by atoms with van der Waals surface area (Å²) in [6.07, 6.45) is 6.43. The first-order valence-electron chi connectivity index (χ1n) is 17.6. The second-order valence-corrected chi connectivity index (χ2v) is 17.9. The van der Waals surface area contributed by atoms with E-state index in [1.54, 1.807) is 30.3 Å². The minimum Gasteiger partial charge on any atom is -0.389 e. The van der Waals surface area contributed by atoms with Crippen LogP contribution >= 0.6 is 0 Å². The monoisotopic (exact) mass is 696 g/mol. The molecule has 0 bridgehead atoms. The second-order valence-electron chi connectivity index (χ2n) is 14.3. The van der Waals surface area contributed by atoms with E-state index in [2.05, 4.69) is 40.9 Å². The highest BCUT2D eigenvalue weighted by atomic mass is 32.2. The van der Waals surface area contributed by atoms with E-state index < -0.39 is 38.3 Å². The summed E-state index contributed by atoms with van der Waals surface area (Å²) in [6, 6.07) is 8.48. The average molecular weight is 697 g/mol. The van der Waals surface area contributed by atoms with E-state index in [9.17, 15) is 21.9 Å². The van der Waals surface area contributed by atoms with Crippen molar-refractivity contribution >= 4 is 20.0 Å². The van der Waals surface area contributed by atoms with E-state index in [0.29, 0.717) is 30.8 Å². The van der Waals surface area contributed by atoms with E-state index in [1.807, 2.05) is 6.92 Å². The van der Waals surface area contributed by atoms with E-state index in [4.69, 9.17) is 13.7 Å². The first-order valence-corrected chi connectivity index (χ1v) is 21.0. The standard InChI is InChI=1S/C37H60O8S2/c1-9-11-15-30-22-27(5)35(43-30)19-18-31(45-46(8,39)40)21-26(4)28(6)34(38)23-37-33(29(7)36(44-37)20-25(3)10-2)24-47(41,42)32-16-13-12-14-17-32/h12-14,16-17,25-26,29-31,33-38H,5-6,9-11,15,18-24H2,1-4,7-8H3/t25?,26-,29-,30+,31-,33-,34?,35?,36?,37+/m1/s1.